The summed E-state index contributed by atoms with van der Waals surface area (Å²) in [6.07, 6.45) is 1.64. The Morgan fingerprint density at radius 3 is 2.60 bits per heavy atom. The third-order valence-corrected chi connectivity index (χ3v) is 3.02. The lowest BCUT2D eigenvalue weighted by Crippen LogP contribution is -2.21. The average molecular weight is 267 g/mol. The van der Waals surface area contributed by atoms with Crippen LogP contribution in [0.15, 0.2) is 59.5 Å². The van der Waals surface area contributed by atoms with Crippen LogP contribution in [0.5, 0.6) is 0 Å². The van der Waals surface area contributed by atoms with Crippen molar-refractivity contribution in [3.05, 3.63) is 70.6 Å². The Balaban J connectivity index is 2.17. The molecule has 0 aliphatic heterocycles. The molecule has 0 fully saturated rings. The number of nitrogens with zero attached hydrogens (tertiary/aromatic N) is 2. The maximum atomic E-state index is 12.3. The highest BCUT2D eigenvalue weighted by molar-refractivity contribution is 5.61. The molecule has 0 aliphatic rings. The molecule has 2 heterocycles. The smallest absolute Gasteiger partial charge is 0.265 e. The molecule has 100 valence electrons. The van der Waals surface area contributed by atoms with Crippen molar-refractivity contribution >= 4 is 17.2 Å². The molecule has 0 amide bonds. The van der Waals surface area contributed by atoms with E-state index in [1.54, 1.807) is 18.3 Å². The molecule has 3 rings (SSSR count). The summed E-state index contributed by atoms with van der Waals surface area (Å²) in [6.45, 7) is -0.362. The quantitative estimate of drug-likeness (QED) is 0.761. The van der Waals surface area contributed by atoms with E-state index in [0.29, 0.717) is 11.5 Å². The highest BCUT2D eigenvalue weighted by atomic mass is 16.3. The maximum absolute atomic E-state index is 12.3. The molecule has 2 aromatic heterocycles. The zero-order valence-electron chi connectivity index (χ0n) is 10.7. The van der Waals surface area contributed by atoms with Gasteiger partial charge in [0.25, 0.3) is 5.56 Å². The molecule has 2 N–H and O–H groups in total. The Kier molecular flexibility index (Phi) is 3.18. The van der Waals surface area contributed by atoms with Crippen LogP contribution in [0.2, 0.25) is 0 Å². The number of aromatic nitrogens is 2. The van der Waals surface area contributed by atoms with E-state index in [2.05, 4.69) is 10.3 Å². The predicted molar refractivity (Wildman–Crippen MR) is 77.1 cm³/mol. The Labute approximate surface area is 115 Å². The van der Waals surface area contributed by atoms with Gasteiger partial charge in [-0.2, -0.15) is 0 Å². The van der Waals surface area contributed by atoms with Crippen molar-refractivity contribution in [3.8, 4) is 0 Å². The highest BCUT2D eigenvalue weighted by Crippen LogP contribution is 2.17. The van der Waals surface area contributed by atoms with Gasteiger partial charge in [-0.15, -0.1) is 0 Å². The van der Waals surface area contributed by atoms with Gasteiger partial charge < -0.3 is 10.4 Å². The molecule has 3 aromatic rings. The molecule has 0 radical (unpaired) electrons. The topological polar surface area (TPSA) is 66.6 Å². The molecule has 0 saturated heterocycles. The van der Waals surface area contributed by atoms with Crippen LogP contribution in [0.4, 0.5) is 11.5 Å². The van der Waals surface area contributed by atoms with Gasteiger partial charge in [0.2, 0.25) is 0 Å². The van der Waals surface area contributed by atoms with Crippen molar-refractivity contribution in [2.75, 3.05) is 5.32 Å². The summed E-state index contributed by atoms with van der Waals surface area (Å²) in [5.74, 6) is 0.384. The van der Waals surface area contributed by atoms with Crippen LogP contribution < -0.4 is 10.9 Å². The van der Waals surface area contributed by atoms with Gasteiger partial charge in [-0.3, -0.25) is 9.20 Å². The summed E-state index contributed by atoms with van der Waals surface area (Å²) < 4.78 is 1.42. The van der Waals surface area contributed by atoms with E-state index in [9.17, 15) is 9.90 Å². The second-order valence-electron chi connectivity index (χ2n) is 4.32. The summed E-state index contributed by atoms with van der Waals surface area (Å²) in [5.41, 5.74) is 1.33. The summed E-state index contributed by atoms with van der Waals surface area (Å²) >= 11 is 0. The lowest BCUT2D eigenvalue weighted by molar-refractivity contribution is 0.280. The first-order chi connectivity index (χ1) is 9.79. The van der Waals surface area contributed by atoms with Crippen molar-refractivity contribution in [2.45, 2.75) is 6.61 Å². The Morgan fingerprint density at radius 2 is 1.85 bits per heavy atom. The van der Waals surface area contributed by atoms with Gasteiger partial charge >= 0.3 is 0 Å². The number of pyridine rings is 1. The minimum absolute atomic E-state index is 0.248. The summed E-state index contributed by atoms with van der Waals surface area (Å²) in [7, 11) is 0. The van der Waals surface area contributed by atoms with E-state index in [1.165, 1.54) is 4.40 Å². The van der Waals surface area contributed by atoms with Gasteiger partial charge in [-0.1, -0.05) is 24.3 Å². The van der Waals surface area contributed by atoms with Gasteiger partial charge in [0, 0.05) is 11.9 Å². The van der Waals surface area contributed by atoms with Gasteiger partial charge in [-0.05, 0) is 24.3 Å². The fourth-order valence-electron chi connectivity index (χ4n) is 2.03. The van der Waals surface area contributed by atoms with E-state index in [4.69, 9.17) is 0 Å². The minimum Gasteiger partial charge on any atom is -0.391 e. The first kappa shape index (κ1) is 12.4. The molecule has 0 aliphatic carbocycles. The number of rotatable bonds is 3. The van der Waals surface area contributed by atoms with E-state index in [1.807, 2.05) is 36.4 Å². The molecule has 20 heavy (non-hydrogen) atoms. The summed E-state index contributed by atoms with van der Waals surface area (Å²) in [5, 5.41) is 12.5. The number of para-hydroxylation sites is 1. The van der Waals surface area contributed by atoms with Crippen molar-refractivity contribution in [2.24, 2.45) is 0 Å². The lowest BCUT2D eigenvalue weighted by atomic mass is 10.2. The van der Waals surface area contributed by atoms with Crippen LogP contribution in [0.3, 0.4) is 0 Å². The Hall–Kier alpha value is -2.66. The van der Waals surface area contributed by atoms with E-state index >= 15 is 0 Å². The predicted octanol–water partition coefficient (Wildman–Crippen LogP) is 1.93. The SMILES string of the molecule is O=c1c(CO)c(Nc2ccccc2)nc2ccccn12. The molecule has 1 aromatic carbocycles. The fraction of sp³-hybridized carbons (Fsp3) is 0.0667. The van der Waals surface area contributed by atoms with Gasteiger partial charge in [-0.25, -0.2) is 4.98 Å². The first-order valence-corrected chi connectivity index (χ1v) is 6.23. The number of hydrogen-bond donors (Lipinski definition) is 2. The van der Waals surface area contributed by atoms with E-state index in [0.717, 1.165) is 5.69 Å². The lowest BCUT2D eigenvalue weighted by Gasteiger charge is -2.11. The second kappa shape index (κ2) is 5.14. The molecule has 5 heteroatoms. The zero-order chi connectivity index (χ0) is 13.9. The molecular formula is C15H13N3O2. The largest absolute Gasteiger partial charge is 0.391 e. The Morgan fingerprint density at radius 1 is 1.10 bits per heavy atom. The number of aliphatic hydroxyl groups is 1. The molecular weight excluding hydrogens is 254 g/mol. The molecule has 0 unspecified atom stereocenters. The average Bonchev–Trinajstić information content (AvgIpc) is 2.49. The zero-order valence-corrected chi connectivity index (χ0v) is 10.7. The standard InChI is InChI=1S/C15H13N3O2/c19-10-12-14(16-11-6-2-1-3-7-11)17-13-8-4-5-9-18(13)15(12)20/h1-9,16,19H,10H2. The van der Waals surface area contributed by atoms with E-state index < -0.39 is 0 Å². The summed E-state index contributed by atoms with van der Waals surface area (Å²) in [4.78, 5) is 16.7. The number of aliphatic hydroxyl groups excluding tert-OH is 1. The van der Waals surface area contributed by atoms with Crippen LogP contribution in [-0.2, 0) is 6.61 Å². The highest BCUT2D eigenvalue weighted by Gasteiger charge is 2.11. The summed E-state index contributed by atoms with van der Waals surface area (Å²) in [6, 6.07) is 14.7. The fourth-order valence-corrected chi connectivity index (χ4v) is 2.03. The monoisotopic (exact) mass is 267 g/mol. The molecule has 0 saturated carbocycles. The van der Waals surface area contributed by atoms with Crippen LogP contribution in [-0.4, -0.2) is 14.5 Å². The maximum Gasteiger partial charge on any atom is 0.265 e. The number of nitrogens with one attached hydrogen (secondary N) is 1. The van der Waals surface area contributed by atoms with Gasteiger partial charge in [0.05, 0.1) is 12.2 Å². The van der Waals surface area contributed by atoms with Crippen molar-refractivity contribution in [3.63, 3.8) is 0 Å². The van der Waals surface area contributed by atoms with Crippen molar-refractivity contribution < 1.29 is 5.11 Å². The Bertz CT molecular complexity index is 797. The third-order valence-electron chi connectivity index (χ3n) is 3.02. The third kappa shape index (κ3) is 2.15. The van der Waals surface area contributed by atoms with Crippen molar-refractivity contribution in [1.29, 1.82) is 0 Å². The number of hydrogen-bond acceptors (Lipinski definition) is 4. The van der Waals surface area contributed by atoms with Gasteiger partial charge in [0.1, 0.15) is 11.5 Å². The second-order valence-corrected chi connectivity index (χ2v) is 4.32. The molecule has 0 bridgehead atoms. The van der Waals surface area contributed by atoms with Crippen molar-refractivity contribution in [1.82, 2.24) is 9.38 Å². The van der Waals surface area contributed by atoms with Crippen LogP contribution in [0.25, 0.3) is 5.65 Å². The van der Waals surface area contributed by atoms with Crippen LogP contribution >= 0.6 is 0 Å². The molecule has 0 spiro atoms. The normalized spacial score (nSPS) is 10.7. The van der Waals surface area contributed by atoms with Crippen LogP contribution in [0.1, 0.15) is 5.56 Å². The number of benzene rings is 1. The molecule has 5 nitrogen and oxygen atoms in total. The molecule has 0 atom stereocenters. The number of anilines is 2. The first-order valence-electron chi connectivity index (χ1n) is 6.23. The van der Waals surface area contributed by atoms with Gasteiger partial charge in [0.15, 0.2) is 0 Å². The van der Waals surface area contributed by atoms with E-state index in [-0.39, 0.29) is 17.7 Å². The number of fused-ring (bicyclic) bond motifs is 1. The minimum atomic E-state index is -0.362. The van der Waals surface area contributed by atoms with Crippen LogP contribution in [0, 0.1) is 0 Å².